The van der Waals surface area contributed by atoms with E-state index >= 15 is 0 Å². The number of carbonyl (C=O) groups is 3. The van der Waals surface area contributed by atoms with Crippen LogP contribution in [0.1, 0.15) is 57.1 Å². The van der Waals surface area contributed by atoms with E-state index in [4.69, 9.17) is 0 Å². The molecule has 2 N–H and O–H groups in total. The van der Waals surface area contributed by atoms with Gasteiger partial charge in [0.1, 0.15) is 17.9 Å². The second kappa shape index (κ2) is 9.29. The third-order valence-electron chi connectivity index (χ3n) is 5.58. The molecule has 0 aromatic heterocycles. The monoisotopic (exact) mass is 425 g/mol. The lowest BCUT2D eigenvalue weighted by molar-refractivity contribution is -0.134. The summed E-state index contributed by atoms with van der Waals surface area (Å²) in [7, 11) is 0. The summed E-state index contributed by atoms with van der Waals surface area (Å²) < 4.78 is 13.4. The van der Waals surface area contributed by atoms with Crippen LogP contribution in [-0.2, 0) is 15.1 Å². The molecule has 0 bridgehead atoms. The number of amides is 4. The van der Waals surface area contributed by atoms with Crippen LogP contribution >= 0.6 is 0 Å². The Balaban J connectivity index is 1.82. The van der Waals surface area contributed by atoms with E-state index in [0.29, 0.717) is 24.1 Å². The average molecular weight is 426 g/mol. The Morgan fingerprint density at radius 2 is 1.81 bits per heavy atom. The van der Waals surface area contributed by atoms with Crippen LogP contribution in [0.3, 0.4) is 0 Å². The zero-order valence-electron chi connectivity index (χ0n) is 18.1. The minimum atomic E-state index is -1.29. The first-order chi connectivity index (χ1) is 14.8. The number of carbonyl (C=O) groups excluding carboxylic acids is 3. The summed E-state index contributed by atoms with van der Waals surface area (Å²) in [4.78, 5) is 39.7. The van der Waals surface area contributed by atoms with Crippen molar-refractivity contribution >= 4 is 23.5 Å². The normalized spacial score (nSPS) is 18.4. The SMILES string of the molecule is CCCC[C@@]1(c2ccc(F)cc2)NC(=O)N(CC(=O)Nc2ccccc2C(C)C)C1=O. The maximum atomic E-state index is 13.4. The molecule has 164 valence electrons. The van der Waals surface area contributed by atoms with Gasteiger partial charge in [-0.15, -0.1) is 0 Å². The van der Waals surface area contributed by atoms with Crippen molar-refractivity contribution in [1.29, 1.82) is 0 Å². The third kappa shape index (κ3) is 4.60. The molecule has 0 unspecified atom stereocenters. The summed E-state index contributed by atoms with van der Waals surface area (Å²) >= 11 is 0. The Kier molecular flexibility index (Phi) is 6.73. The number of nitrogens with zero attached hydrogens (tertiary/aromatic N) is 1. The number of hydrogen-bond donors (Lipinski definition) is 2. The summed E-state index contributed by atoms with van der Waals surface area (Å²) in [5.41, 5.74) is 0.840. The Morgan fingerprint density at radius 3 is 2.45 bits per heavy atom. The summed E-state index contributed by atoms with van der Waals surface area (Å²) in [5.74, 6) is -1.17. The van der Waals surface area contributed by atoms with E-state index in [1.54, 1.807) is 6.07 Å². The number of anilines is 1. The lowest BCUT2D eigenvalue weighted by Crippen LogP contribution is -2.44. The topological polar surface area (TPSA) is 78.5 Å². The van der Waals surface area contributed by atoms with Gasteiger partial charge in [0.25, 0.3) is 5.91 Å². The molecule has 1 heterocycles. The van der Waals surface area contributed by atoms with Crippen LogP contribution < -0.4 is 10.6 Å². The predicted octanol–water partition coefficient (Wildman–Crippen LogP) is 4.53. The molecule has 1 atom stereocenters. The molecule has 2 aromatic carbocycles. The predicted molar refractivity (Wildman–Crippen MR) is 117 cm³/mol. The number of urea groups is 1. The second-order valence-electron chi connectivity index (χ2n) is 8.13. The molecule has 0 saturated carbocycles. The van der Waals surface area contributed by atoms with Crippen molar-refractivity contribution < 1.29 is 18.8 Å². The highest BCUT2D eigenvalue weighted by Crippen LogP contribution is 2.34. The van der Waals surface area contributed by atoms with E-state index in [0.717, 1.165) is 16.9 Å². The first kappa shape index (κ1) is 22.5. The van der Waals surface area contributed by atoms with Crippen LogP contribution in [0.4, 0.5) is 14.9 Å². The molecule has 2 aromatic rings. The van der Waals surface area contributed by atoms with Gasteiger partial charge < -0.3 is 10.6 Å². The number of nitrogens with one attached hydrogen (secondary N) is 2. The maximum Gasteiger partial charge on any atom is 0.325 e. The molecule has 1 saturated heterocycles. The molecule has 7 heteroatoms. The van der Waals surface area contributed by atoms with Crippen LogP contribution in [0.25, 0.3) is 0 Å². The summed E-state index contributed by atoms with van der Waals surface area (Å²) in [5, 5.41) is 5.59. The average Bonchev–Trinajstić information content (AvgIpc) is 2.98. The van der Waals surface area contributed by atoms with E-state index in [9.17, 15) is 18.8 Å². The molecule has 0 spiro atoms. The van der Waals surface area contributed by atoms with Gasteiger partial charge in [-0.25, -0.2) is 9.18 Å². The van der Waals surface area contributed by atoms with Crippen molar-refractivity contribution in [3.8, 4) is 0 Å². The summed E-state index contributed by atoms with van der Waals surface area (Å²) in [6, 6.07) is 12.4. The van der Waals surface area contributed by atoms with Gasteiger partial charge in [-0.3, -0.25) is 14.5 Å². The smallest absolute Gasteiger partial charge is 0.324 e. The van der Waals surface area contributed by atoms with E-state index in [1.807, 2.05) is 39.0 Å². The van der Waals surface area contributed by atoms with Gasteiger partial charge in [-0.05, 0) is 41.7 Å². The van der Waals surface area contributed by atoms with Gasteiger partial charge in [0.2, 0.25) is 5.91 Å². The molecule has 0 aliphatic carbocycles. The Hall–Kier alpha value is -3.22. The molecular weight excluding hydrogens is 397 g/mol. The van der Waals surface area contributed by atoms with E-state index in [-0.39, 0.29) is 5.92 Å². The van der Waals surface area contributed by atoms with E-state index < -0.39 is 35.7 Å². The van der Waals surface area contributed by atoms with Crippen molar-refractivity contribution in [2.75, 3.05) is 11.9 Å². The molecule has 1 fully saturated rings. The van der Waals surface area contributed by atoms with Gasteiger partial charge in [-0.1, -0.05) is 63.9 Å². The largest absolute Gasteiger partial charge is 0.325 e. The molecule has 31 heavy (non-hydrogen) atoms. The van der Waals surface area contributed by atoms with Crippen molar-refractivity contribution in [1.82, 2.24) is 10.2 Å². The Morgan fingerprint density at radius 1 is 1.13 bits per heavy atom. The first-order valence-corrected chi connectivity index (χ1v) is 10.6. The first-order valence-electron chi connectivity index (χ1n) is 10.6. The highest BCUT2D eigenvalue weighted by molar-refractivity contribution is 6.10. The van der Waals surface area contributed by atoms with Gasteiger partial charge in [0.15, 0.2) is 0 Å². The number of para-hydroxylation sites is 1. The zero-order chi connectivity index (χ0) is 22.6. The van der Waals surface area contributed by atoms with Crippen molar-refractivity contribution in [2.24, 2.45) is 0 Å². The van der Waals surface area contributed by atoms with Crippen molar-refractivity contribution in [3.63, 3.8) is 0 Å². The number of benzene rings is 2. The van der Waals surface area contributed by atoms with Crippen LogP contribution in [0.15, 0.2) is 48.5 Å². The van der Waals surface area contributed by atoms with Gasteiger partial charge >= 0.3 is 6.03 Å². The third-order valence-corrected chi connectivity index (χ3v) is 5.58. The Bertz CT molecular complexity index is 974. The number of halogens is 1. The molecule has 3 rings (SSSR count). The van der Waals surface area contributed by atoms with E-state index in [2.05, 4.69) is 10.6 Å². The molecule has 1 aliphatic heterocycles. The quantitative estimate of drug-likeness (QED) is 0.610. The van der Waals surface area contributed by atoms with Crippen LogP contribution in [0, 0.1) is 5.82 Å². The molecule has 1 aliphatic rings. The fourth-order valence-electron chi connectivity index (χ4n) is 3.90. The minimum Gasteiger partial charge on any atom is -0.324 e. The number of unbranched alkanes of at least 4 members (excludes halogenated alkanes) is 1. The van der Waals surface area contributed by atoms with Crippen molar-refractivity contribution in [3.05, 3.63) is 65.5 Å². The molecule has 4 amide bonds. The van der Waals surface area contributed by atoms with Gasteiger partial charge in [0.05, 0.1) is 0 Å². The fourth-order valence-corrected chi connectivity index (χ4v) is 3.90. The Labute approximate surface area is 181 Å². The standard InChI is InChI=1S/C24H28FN3O3/c1-4-5-14-24(17-10-12-18(25)13-11-17)22(30)28(23(31)27-24)15-21(29)26-20-9-7-6-8-19(20)16(2)3/h6-13,16H,4-5,14-15H2,1-3H3,(H,26,29)(H,27,31)/t24-/m0/s1. The number of rotatable bonds is 8. The number of hydrogen-bond acceptors (Lipinski definition) is 3. The second-order valence-corrected chi connectivity index (χ2v) is 8.13. The van der Waals surface area contributed by atoms with Crippen LogP contribution in [0.2, 0.25) is 0 Å². The van der Waals surface area contributed by atoms with E-state index in [1.165, 1.54) is 24.3 Å². The van der Waals surface area contributed by atoms with Crippen LogP contribution in [-0.4, -0.2) is 29.3 Å². The fraction of sp³-hybridized carbons (Fsp3) is 0.375. The van der Waals surface area contributed by atoms with Gasteiger partial charge in [0, 0.05) is 5.69 Å². The minimum absolute atomic E-state index is 0.202. The highest BCUT2D eigenvalue weighted by Gasteiger charge is 2.52. The van der Waals surface area contributed by atoms with Crippen molar-refractivity contribution in [2.45, 2.75) is 51.5 Å². The van der Waals surface area contributed by atoms with Gasteiger partial charge in [-0.2, -0.15) is 0 Å². The maximum absolute atomic E-state index is 13.4. The lowest BCUT2D eigenvalue weighted by atomic mass is 9.85. The number of imide groups is 1. The summed E-state index contributed by atoms with van der Waals surface area (Å²) in [6.07, 6.45) is 1.87. The zero-order valence-corrected chi connectivity index (χ0v) is 18.1. The lowest BCUT2D eigenvalue weighted by Gasteiger charge is -2.27. The highest BCUT2D eigenvalue weighted by atomic mass is 19.1. The van der Waals surface area contributed by atoms with Crippen LogP contribution in [0.5, 0.6) is 0 Å². The molecule has 0 radical (unpaired) electrons. The molecular formula is C24H28FN3O3. The molecule has 6 nitrogen and oxygen atoms in total. The summed E-state index contributed by atoms with van der Waals surface area (Å²) in [6.45, 7) is 5.63.